The van der Waals surface area contributed by atoms with E-state index in [1.165, 1.54) is 0 Å². The first-order valence-electron chi connectivity index (χ1n) is 10.9. The first-order chi connectivity index (χ1) is 12.8. The Morgan fingerprint density at radius 2 is 1.61 bits per heavy atom. The molecular formula is C23H36O5. The molecule has 5 nitrogen and oxygen atoms in total. The Bertz CT molecular complexity index is 727. The summed E-state index contributed by atoms with van der Waals surface area (Å²) in [4.78, 5) is 0. The van der Waals surface area contributed by atoms with Gasteiger partial charge in [-0.3, -0.25) is 0 Å². The van der Waals surface area contributed by atoms with Crippen LogP contribution >= 0.6 is 0 Å². The van der Waals surface area contributed by atoms with Crippen LogP contribution in [0.5, 0.6) is 0 Å². The number of aliphatic hydroxyl groups is 3. The van der Waals surface area contributed by atoms with E-state index < -0.39 is 34.6 Å². The molecule has 0 aromatic rings. The lowest BCUT2D eigenvalue weighted by Gasteiger charge is -2.47. The van der Waals surface area contributed by atoms with Crippen molar-refractivity contribution in [3.05, 3.63) is 12.2 Å². The zero-order valence-corrected chi connectivity index (χ0v) is 17.9. The minimum atomic E-state index is -1.25. The zero-order chi connectivity index (χ0) is 20.5. The first-order valence-corrected chi connectivity index (χ1v) is 10.9. The number of hydrogen-bond acceptors (Lipinski definition) is 5. The van der Waals surface area contributed by atoms with Gasteiger partial charge in [-0.05, 0) is 64.7 Å². The van der Waals surface area contributed by atoms with Gasteiger partial charge in [0.25, 0.3) is 0 Å². The van der Waals surface area contributed by atoms with Gasteiger partial charge in [0.05, 0.1) is 17.8 Å². The summed E-state index contributed by atoms with van der Waals surface area (Å²) in [6, 6.07) is 0. The van der Waals surface area contributed by atoms with Gasteiger partial charge in [-0.2, -0.15) is 0 Å². The predicted molar refractivity (Wildman–Crippen MR) is 104 cm³/mol. The summed E-state index contributed by atoms with van der Waals surface area (Å²) in [5, 5.41) is 34.4. The number of rotatable bonds is 0. The fraction of sp³-hybridized carbons (Fsp3) is 0.913. The molecule has 1 spiro atoms. The van der Waals surface area contributed by atoms with Crippen LogP contribution in [0.15, 0.2) is 12.2 Å². The summed E-state index contributed by atoms with van der Waals surface area (Å²) < 4.78 is 13.0. The Morgan fingerprint density at radius 3 is 2.29 bits per heavy atom. The molecule has 158 valence electrons. The molecule has 0 radical (unpaired) electrons. The van der Waals surface area contributed by atoms with Crippen molar-refractivity contribution in [1.82, 2.24) is 0 Å². The fourth-order valence-electron chi connectivity index (χ4n) is 8.02. The van der Waals surface area contributed by atoms with Crippen LogP contribution in [0.2, 0.25) is 0 Å². The van der Waals surface area contributed by atoms with Crippen molar-refractivity contribution in [2.45, 2.75) is 102 Å². The van der Waals surface area contributed by atoms with Crippen LogP contribution in [-0.2, 0) is 9.47 Å². The van der Waals surface area contributed by atoms with Gasteiger partial charge < -0.3 is 24.8 Å². The molecular weight excluding hydrogens is 356 g/mol. The lowest BCUT2D eigenvalue weighted by molar-refractivity contribution is -0.205. The summed E-state index contributed by atoms with van der Waals surface area (Å²) in [5.41, 5.74) is -1.96. The Kier molecular flexibility index (Phi) is 3.64. The van der Waals surface area contributed by atoms with Crippen molar-refractivity contribution in [2.75, 3.05) is 0 Å². The summed E-state index contributed by atoms with van der Waals surface area (Å²) in [7, 11) is 0. The van der Waals surface area contributed by atoms with Gasteiger partial charge in [0, 0.05) is 16.7 Å². The Morgan fingerprint density at radius 1 is 0.964 bits per heavy atom. The van der Waals surface area contributed by atoms with Gasteiger partial charge in [0.15, 0.2) is 5.79 Å². The number of ether oxygens (including phenoxy) is 2. The van der Waals surface area contributed by atoms with E-state index in [-0.39, 0.29) is 29.3 Å². The van der Waals surface area contributed by atoms with Crippen LogP contribution in [0.4, 0.5) is 0 Å². The Balaban J connectivity index is 1.72. The Hall–Kier alpha value is -0.460. The molecule has 5 heteroatoms. The van der Waals surface area contributed by atoms with Crippen molar-refractivity contribution < 1.29 is 24.8 Å². The summed E-state index contributed by atoms with van der Waals surface area (Å²) in [6.45, 7) is 14.2. The number of aliphatic hydroxyl groups excluding tert-OH is 1. The average molecular weight is 393 g/mol. The third kappa shape index (κ3) is 2.05. The number of fused-ring (bicyclic) bond motifs is 4. The SMILES string of the molecule is C=C1C2CCC3CC2(CC3(C)O)C2OC(C)(C)OC2C2(O)C1CC(O)C2(C)C. The molecule has 5 rings (SSSR count). The molecule has 4 saturated carbocycles. The van der Waals surface area contributed by atoms with Crippen molar-refractivity contribution in [3.8, 4) is 0 Å². The fourth-order valence-corrected chi connectivity index (χ4v) is 8.02. The first kappa shape index (κ1) is 19.5. The molecule has 0 aromatic heterocycles. The molecule has 5 fully saturated rings. The predicted octanol–water partition coefficient (Wildman–Crippen LogP) is 2.77. The highest BCUT2D eigenvalue weighted by atomic mass is 16.8. The third-order valence-electron chi connectivity index (χ3n) is 9.54. The molecule has 4 aliphatic carbocycles. The van der Waals surface area contributed by atoms with Crippen LogP contribution in [0.3, 0.4) is 0 Å². The molecule has 0 amide bonds. The molecule has 2 bridgehead atoms. The van der Waals surface area contributed by atoms with Gasteiger partial charge in [0.2, 0.25) is 0 Å². The lowest BCUT2D eigenvalue weighted by Crippen LogP contribution is -2.61. The van der Waals surface area contributed by atoms with Crippen LogP contribution in [0.1, 0.15) is 66.7 Å². The zero-order valence-electron chi connectivity index (χ0n) is 17.9. The largest absolute Gasteiger partial charge is 0.392 e. The topological polar surface area (TPSA) is 79.2 Å². The van der Waals surface area contributed by atoms with Crippen molar-refractivity contribution >= 4 is 0 Å². The van der Waals surface area contributed by atoms with Gasteiger partial charge in [0.1, 0.15) is 11.7 Å². The summed E-state index contributed by atoms with van der Waals surface area (Å²) in [5.74, 6) is -0.619. The molecule has 28 heavy (non-hydrogen) atoms. The second kappa shape index (κ2) is 5.23. The lowest BCUT2D eigenvalue weighted by atomic mass is 9.61. The maximum absolute atomic E-state index is 12.3. The molecule has 9 unspecified atom stereocenters. The van der Waals surface area contributed by atoms with E-state index in [2.05, 4.69) is 6.58 Å². The molecule has 1 aliphatic heterocycles. The maximum Gasteiger partial charge on any atom is 0.163 e. The minimum absolute atomic E-state index is 0.169. The third-order valence-corrected chi connectivity index (χ3v) is 9.54. The number of hydrogen-bond donors (Lipinski definition) is 3. The van der Waals surface area contributed by atoms with Crippen molar-refractivity contribution in [2.24, 2.45) is 28.6 Å². The van der Waals surface area contributed by atoms with E-state index in [0.29, 0.717) is 12.8 Å². The van der Waals surface area contributed by atoms with Crippen LogP contribution in [-0.4, -0.2) is 50.6 Å². The standard InChI is InChI=1S/C23H36O5/c1-12-14-8-7-13-10-22(14,11-21(13,6)25)17-18(28-20(4,5)27-17)23(26)15(12)9-16(24)19(23,2)3/h13-18,24-26H,1,7-11H2,2-6H3. The highest BCUT2D eigenvalue weighted by Gasteiger charge is 2.76. The van der Waals surface area contributed by atoms with E-state index in [0.717, 1.165) is 24.8 Å². The van der Waals surface area contributed by atoms with Crippen LogP contribution < -0.4 is 0 Å². The molecule has 5 aliphatic rings. The van der Waals surface area contributed by atoms with Crippen molar-refractivity contribution in [1.29, 1.82) is 0 Å². The maximum atomic E-state index is 12.3. The average Bonchev–Trinajstić information content (AvgIpc) is 3.07. The van der Waals surface area contributed by atoms with Gasteiger partial charge in [-0.15, -0.1) is 0 Å². The van der Waals surface area contributed by atoms with E-state index in [1.54, 1.807) is 0 Å². The summed E-state index contributed by atoms with van der Waals surface area (Å²) >= 11 is 0. The van der Waals surface area contributed by atoms with Gasteiger partial charge >= 0.3 is 0 Å². The monoisotopic (exact) mass is 392 g/mol. The molecule has 3 N–H and O–H groups in total. The van der Waals surface area contributed by atoms with Gasteiger partial charge in [-0.1, -0.05) is 26.0 Å². The molecule has 0 aromatic carbocycles. The summed E-state index contributed by atoms with van der Waals surface area (Å²) in [6.07, 6.45) is 2.48. The van der Waals surface area contributed by atoms with Crippen molar-refractivity contribution in [3.63, 3.8) is 0 Å². The van der Waals surface area contributed by atoms with Crippen LogP contribution in [0.25, 0.3) is 0 Å². The smallest absolute Gasteiger partial charge is 0.163 e. The van der Waals surface area contributed by atoms with Gasteiger partial charge in [-0.25, -0.2) is 0 Å². The van der Waals surface area contributed by atoms with E-state index in [9.17, 15) is 15.3 Å². The van der Waals surface area contributed by atoms with Crippen LogP contribution in [0, 0.1) is 28.6 Å². The highest BCUT2D eigenvalue weighted by Crippen LogP contribution is 2.71. The molecule has 1 saturated heterocycles. The van der Waals surface area contributed by atoms with E-state index >= 15 is 0 Å². The normalized spacial score (nSPS) is 58.8. The van der Waals surface area contributed by atoms with E-state index in [4.69, 9.17) is 9.47 Å². The molecule has 1 heterocycles. The minimum Gasteiger partial charge on any atom is -0.392 e. The quantitative estimate of drug-likeness (QED) is 0.553. The second-order valence-corrected chi connectivity index (χ2v) is 11.7. The molecule has 9 atom stereocenters. The second-order valence-electron chi connectivity index (χ2n) is 11.7. The highest BCUT2D eigenvalue weighted by molar-refractivity contribution is 5.33. The Labute approximate surface area is 168 Å². The van der Waals surface area contributed by atoms with E-state index in [1.807, 2.05) is 34.6 Å².